The molecule has 0 saturated carbocycles. The van der Waals surface area contributed by atoms with Crippen molar-refractivity contribution >= 4 is 11.3 Å². The van der Waals surface area contributed by atoms with Crippen LogP contribution in [0.15, 0.2) is 23.6 Å². The van der Waals surface area contributed by atoms with E-state index in [4.69, 9.17) is 10.5 Å². The number of hydrogen-bond donors (Lipinski definition) is 2. The Morgan fingerprint density at radius 1 is 1.56 bits per heavy atom. The molecule has 6 heteroatoms. The number of thiazole rings is 1. The first-order valence-corrected chi connectivity index (χ1v) is 6.21. The Hall–Kier alpha value is -1.50. The van der Waals surface area contributed by atoms with Gasteiger partial charge in [0.1, 0.15) is 11.1 Å². The van der Waals surface area contributed by atoms with E-state index in [-0.39, 0.29) is 12.3 Å². The second-order valence-electron chi connectivity index (χ2n) is 3.68. The largest absolute Gasteiger partial charge is 0.494 e. The van der Waals surface area contributed by atoms with Crippen molar-refractivity contribution in [1.29, 1.82) is 0 Å². The summed E-state index contributed by atoms with van der Waals surface area (Å²) in [7, 11) is 1.41. The smallest absolute Gasteiger partial charge is 0.165 e. The fourth-order valence-electron chi connectivity index (χ4n) is 1.49. The number of methoxy groups -OCH3 is 1. The number of benzene rings is 1. The molecule has 1 heterocycles. The summed E-state index contributed by atoms with van der Waals surface area (Å²) in [6.07, 6.45) is -0.780. The first-order valence-electron chi connectivity index (χ1n) is 5.33. The maximum absolute atomic E-state index is 13.6. The monoisotopic (exact) mass is 268 g/mol. The predicted molar refractivity (Wildman–Crippen MR) is 68.1 cm³/mol. The van der Waals surface area contributed by atoms with Crippen LogP contribution in [0, 0.1) is 5.82 Å². The molecule has 0 spiro atoms. The highest BCUT2D eigenvalue weighted by Crippen LogP contribution is 2.29. The summed E-state index contributed by atoms with van der Waals surface area (Å²) in [6.45, 7) is 0.111. The lowest BCUT2D eigenvalue weighted by Gasteiger charge is -2.04. The van der Waals surface area contributed by atoms with Crippen molar-refractivity contribution < 1.29 is 14.2 Å². The van der Waals surface area contributed by atoms with Crippen molar-refractivity contribution in [3.63, 3.8) is 0 Å². The average Bonchev–Trinajstić information content (AvgIpc) is 2.87. The maximum atomic E-state index is 13.6. The molecule has 0 bridgehead atoms. The van der Waals surface area contributed by atoms with Crippen LogP contribution in [-0.4, -0.2) is 23.7 Å². The molecule has 1 atom stereocenters. The fourth-order valence-corrected chi connectivity index (χ4v) is 2.36. The number of aliphatic hydroxyl groups excluding tert-OH is 1. The second kappa shape index (κ2) is 5.43. The molecule has 0 fully saturated rings. The SMILES string of the molecule is COc1ccc(-c2nc(C(O)CN)cs2)cc1F. The highest BCUT2D eigenvalue weighted by Gasteiger charge is 2.12. The molecule has 2 rings (SSSR count). The zero-order chi connectivity index (χ0) is 13.1. The Kier molecular flexibility index (Phi) is 3.90. The van der Waals surface area contributed by atoms with Gasteiger partial charge in [-0.25, -0.2) is 9.37 Å². The summed E-state index contributed by atoms with van der Waals surface area (Å²) >= 11 is 1.33. The van der Waals surface area contributed by atoms with Gasteiger partial charge in [0.2, 0.25) is 0 Å². The van der Waals surface area contributed by atoms with Crippen molar-refractivity contribution in [1.82, 2.24) is 4.98 Å². The molecule has 0 aliphatic carbocycles. The zero-order valence-electron chi connectivity index (χ0n) is 9.76. The number of nitrogens with zero attached hydrogens (tertiary/aromatic N) is 1. The fraction of sp³-hybridized carbons (Fsp3) is 0.250. The topological polar surface area (TPSA) is 68.4 Å². The molecule has 96 valence electrons. The van der Waals surface area contributed by atoms with Crippen LogP contribution < -0.4 is 10.5 Å². The van der Waals surface area contributed by atoms with Gasteiger partial charge in [-0.05, 0) is 18.2 Å². The molecule has 4 nitrogen and oxygen atoms in total. The maximum Gasteiger partial charge on any atom is 0.165 e. The van der Waals surface area contributed by atoms with Crippen LogP contribution in [0.5, 0.6) is 5.75 Å². The van der Waals surface area contributed by atoms with Crippen LogP contribution in [-0.2, 0) is 0 Å². The third-order valence-electron chi connectivity index (χ3n) is 2.49. The van der Waals surface area contributed by atoms with Crippen LogP contribution in [0.25, 0.3) is 10.6 Å². The molecule has 1 aromatic heterocycles. The normalized spacial score (nSPS) is 12.4. The van der Waals surface area contributed by atoms with E-state index < -0.39 is 11.9 Å². The summed E-state index contributed by atoms with van der Waals surface area (Å²) in [5.74, 6) is -0.247. The number of hydrogen-bond acceptors (Lipinski definition) is 5. The van der Waals surface area contributed by atoms with Gasteiger partial charge >= 0.3 is 0 Å². The summed E-state index contributed by atoms with van der Waals surface area (Å²) in [4.78, 5) is 4.23. The van der Waals surface area contributed by atoms with Crippen LogP contribution in [0.4, 0.5) is 4.39 Å². The van der Waals surface area contributed by atoms with Crippen molar-refractivity contribution in [3.05, 3.63) is 35.1 Å². The lowest BCUT2D eigenvalue weighted by Crippen LogP contribution is -2.11. The number of ether oxygens (including phenoxy) is 1. The summed E-state index contributed by atoms with van der Waals surface area (Å²) in [5.41, 5.74) is 6.51. The number of nitrogens with two attached hydrogens (primary N) is 1. The molecule has 0 aliphatic heterocycles. The third kappa shape index (κ3) is 2.50. The van der Waals surface area contributed by atoms with E-state index >= 15 is 0 Å². The third-order valence-corrected chi connectivity index (χ3v) is 3.39. The number of aliphatic hydroxyl groups is 1. The summed E-state index contributed by atoms with van der Waals surface area (Å²) in [6, 6.07) is 4.63. The van der Waals surface area contributed by atoms with E-state index in [0.29, 0.717) is 16.3 Å². The number of aromatic nitrogens is 1. The van der Waals surface area contributed by atoms with Gasteiger partial charge in [-0.2, -0.15) is 0 Å². The highest BCUT2D eigenvalue weighted by atomic mass is 32.1. The van der Waals surface area contributed by atoms with Crippen LogP contribution in [0.3, 0.4) is 0 Å². The van der Waals surface area contributed by atoms with Crippen LogP contribution in [0.2, 0.25) is 0 Å². The van der Waals surface area contributed by atoms with Crippen molar-refractivity contribution in [3.8, 4) is 16.3 Å². The molecule has 3 N–H and O–H groups in total. The standard InChI is InChI=1S/C12H13FN2O2S/c1-17-11-3-2-7(4-8(11)13)12-15-9(6-18-12)10(16)5-14/h2-4,6,10,16H,5,14H2,1H3. The first-order chi connectivity index (χ1) is 8.65. The van der Waals surface area contributed by atoms with Crippen LogP contribution >= 0.6 is 11.3 Å². The molecule has 18 heavy (non-hydrogen) atoms. The highest BCUT2D eigenvalue weighted by molar-refractivity contribution is 7.13. The number of rotatable bonds is 4. The molecular weight excluding hydrogens is 255 g/mol. The minimum atomic E-state index is -0.780. The Labute approximate surface area is 108 Å². The minimum absolute atomic E-state index is 0.111. The van der Waals surface area contributed by atoms with Gasteiger partial charge in [-0.15, -0.1) is 11.3 Å². The van der Waals surface area contributed by atoms with Gasteiger partial charge in [-0.1, -0.05) is 0 Å². The molecule has 0 aliphatic rings. The quantitative estimate of drug-likeness (QED) is 0.889. The Balaban J connectivity index is 2.31. The van der Waals surface area contributed by atoms with Crippen molar-refractivity contribution in [2.75, 3.05) is 13.7 Å². The van der Waals surface area contributed by atoms with E-state index in [0.717, 1.165) is 0 Å². The van der Waals surface area contributed by atoms with E-state index in [1.54, 1.807) is 17.5 Å². The molecule has 2 aromatic rings. The van der Waals surface area contributed by atoms with E-state index in [9.17, 15) is 9.50 Å². The summed E-state index contributed by atoms with van der Waals surface area (Å²) < 4.78 is 18.4. The van der Waals surface area contributed by atoms with E-state index in [1.165, 1.54) is 24.5 Å². The predicted octanol–water partition coefficient (Wildman–Crippen LogP) is 1.95. The molecule has 1 aromatic carbocycles. The molecule has 0 saturated heterocycles. The van der Waals surface area contributed by atoms with Gasteiger partial charge in [0.25, 0.3) is 0 Å². The van der Waals surface area contributed by atoms with Gasteiger partial charge in [-0.3, -0.25) is 0 Å². The minimum Gasteiger partial charge on any atom is -0.494 e. The molecule has 0 amide bonds. The molecule has 1 unspecified atom stereocenters. The Morgan fingerprint density at radius 3 is 2.94 bits per heavy atom. The average molecular weight is 268 g/mol. The van der Waals surface area contributed by atoms with Gasteiger partial charge in [0.15, 0.2) is 11.6 Å². The van der Waals surface area contributed by atoms with E-state index in [2.05, 4.69) is 4.98 Å². The first kappa shape index (κ1) is 12.9. The molecule has 0 radical (unpaired) electrons. The van der Waals surface area contributed by atoms with Crippen LogP contribution in [0.1, 0.15) is 11.8 Å². The van der Waals surface area contributed by atoms with E-state index in [1.807, 2.05) is 0 Å². The second-order valence-corrected chi connectivity index (χ2v) is 4.54. The van der Waals surface area contributed by atoms with Gasteiger partial charge < -0.3 is 15.6 Å². The lowest BCUT2D eigenvalue weighted by molar-refractivity contribution is 0.182. The lowest BCUT2D eigenvalue weighted by atomic mass is 10.2. The Morgan fingerprint density at radius 2 is 2.33 bits per heavy atom. The summed E-state index contributed by atoms with van der Waals surface area (Å²) in [5, 5.41) is 11.9. The number of halogens is 1. The van der Waals surface area contributed by atoms with Crippen molar-refractivity contribution in [2.45, 2.75) is 6.10 Å². The van der Waals surface area contributed by atoms with Gasteiger partial charge in [0, 0.05) is 17.5 Å². The van der Waals surface area contributed by atoms with Crippen molar-refractivity contribution in [2.24, 2.45) is 5.73 Å². The molecular formula is C12H13FN2O2S. The van der Waals surface area contributed by atoms with Gasteiger partial charge in [0.05, 0.1) is 12.8 Å². The Bertz CT molecular complexity index is 545. The zero-order valence-corrected chi connectivity index (χ0v) is 10.6.